The standard InChI is InChI=1S/C14H23N3O2/c1-14(2,3)12(9-15)17-13(18)16-10-6-5-7-11(8-10)19-4/h5-8,12H,9,15H2,1-4H3,(H2,16,17,18). The van der Waals surface area contributed by atoms with Gasteiger partial charge in [-0.25, -0.2) is 4.79 Å². The minimum atomic E-state index is -0.265. The van der Waals surface area contributed by atoms with Crippen LogP contribution in [0, 0.1) is 5.41 Å². The van der Waals surface area contributed by atoms with Crippen LogP contribution in [0.1, 0.15) is 20.8 Å². The number of rotatable bonds is 4. The summed E-state index contributed by atoms with van der Waals surface area (Å²) < 4.78 is 5.10. The number of hydrogen-bond donors (Lipinski definition) is 3. The van der Waals surface area contributed by atoms with E-state index in [0.717, 1.165) is 0 Å². The first-order valence-electron chi connectivity index (χ1n) is 6.28. The number of benzene rings is 1. The van der Waals surface area contributed by atoms with E-state index in [1.165, 1.54) is 0 Å². The number of nitrogens with two attached hydrogens (primary N) is 1. The Kier molecular flexibility index (Phi) is 5.18. The van der Waals surface area contributed by atoms with Crippen molar-refractivity contribution in [2.24, 2.45) is 11.1 Å². The summed E-state index contributed by atoms with van der Waals surface area (Å²) in [5.74, 6) is 0.698. The van der Waals surface area contributed by atoms with Crippen molar-refractivity contribution in [2.75, 3.05) is 19.0 Å². The summed E-state index contributed by atoms with van der Waals surface area (Å²) in [5, 5.41) is 5.64. The zero-order valence-corrected chi connectivity index (χ0v) is 12.0. The van der Waals surface area contributed by atoms with E-state index in [1.54, 1.807) is 19.2 Å². The van der Waals surface area contributed by atoms with Gasteiger partial charge in [0, 0.05) is 24.3 Å². The molecule has 0 aliphatic heterocycles. The number of methoxy groups -OCH3 is 1. The lowest BCUT2D eigenvalue weighted by Gasteiger charge is -2.30. The third-order valence-electron chi connectivity index (χ3n) is 2.91. The van der Waals surface area contributed by atoms with Crippen molar-refractivity contribution in [2.45, 2.75) is 26.8 Å². The molecule has 5 heteroatoms. The third-order valence-corrected chi connectivity index (χ3v) is 2.91. The van der Waals surface area contributed by atoms with Crippen molar-refractivity contribution in [3.05, 3.63) is 24.3 Å². The average Bonchev–Trinajstić information content (AvgIpc) is 2.34. The number of urea groups is 1. The molecule has 106 valence electrons. The lowest BCUT2D eigenvalue weighted by Crippen LogP contribution is -2.49. The van der Waals surface area contributed by atoms with Gasteiger partial charge in [-0.2, -0.15) is 0 Å². The summed E-state index contributed by atoms with van der Waals surface area (Å²) in [4.78, 5) is 11.9. The molecule has 0 bridgehead atoms. The number of amides is 2. The predicted octanol–water partition coefficient (Wildman–Crippen LogP) is 2.19. The zero-order valence-electron chi connectivity index (χ0n) is 12.0. The number of anilines is 1. The van der Waals surface area contributed by atoms with E-state index in [1.807, 2.05) is 32.9 Å². The lowest BCUT2D eigenvalue weighted by atomic mass is 9.87. The van der Waals surface area contributed by atoms with Crippen LogP contribution in [0.15, 0.2) is 24.3 Å². The maximum atomic E-state index is 11.9. The molecular weight excluding hydrogens is 242 g/mol. The van der Waals surface area contributed by atoms with Gasteiger partial charge in [-0.05, 0) is 17.5 Å². The van der Waals surface area contributed by atoms with Gasteiger partial charge in [-0.15, -0.1) is 0 Å². The SMILES string of the molecule is COc1cccc(NC(=O)NC(CN)C(C)(C)C)c1. The van der Waals surface area contributed by atoms with Crippen molar-refractivity contribution >= 4 is 11.7 Å². The summed E-state index contributed by atoms with van der Waals surface area (Å²) in [6.45, 7) is 6.51. The van der Waals surface area contributed by atoms with E-state index in [4.69, 9.17) is 10.5 Å². The molecule has 4 N–H and O–H groups in total. The van der Waals surface area contributed by atoms with E-state index in [0.29, 0.717) is 18.0 Å². The van der Waals surface area contributed by atoms with Gasteiger partial charge in [0.25, 0.3) is 0 Å². The molecule has 2 amide bonds. The number of nitrogens with one attached hydrogen (secondary N) is 2. The molecule has 0 saturated carbocycles. The smallest absolute Gasteiger partial charge is 0.319 e. The topological polar surface area (TPSA) is 76.4 Å². The van der Waals surface area contributed by atoms with Gasteiger partial charge in [0.1, 0.15) is 5.75 Å². The van der Waals surface area contributed by atoms with Crippen molar-refractivity contribution in [1.29, 1.82) is 0 Å². The minimum absolute atomic E-state index is 0.0829. The van der Waals surface area contributed by atoms with Gasteiger partial charge in [-0.3, -0.25) is 0 Å². The van der Waals surface area contributed by atoms with Crippen molar-refractivity contribution in [3.8, 4) is 5.75 Å². The Balaban J connectivity index is 2.64. The Bertz CT molecular complexity index is 427. The van der Waals surface area contributed by atoms with Gasteiger partial charge in [0.2, 0.25) is 0 Å². The Morgan fingerprint density at radius 1 is 1.42 bits per heavy atom. The van der Waals surface area contributed by atoms with E-state index in [9.17, 15) is 4.79 Å². The van der Waals surface area contributed by atoms with Crippen LogP contribution in [0.2, 0.25) is 0 Å². The maximum absolute atomic E-state index is 11.9. The highest BCUT2D eigenvalue weighted by Crippen LogP contribution is 2.19. The van der Waals surface area contributed by atoms with Gasteiger partial charge in [0.15, 0.2) is 0 Å². The van der Waals surface area contributed by atoms with Crippen molar-refractivity contribution in [3.63, 3.8) is 0 Å². The largest absolute Gasteiger partial charge is 0.497 e. The molecule has 0 aliphatic rings. The molecule has 5 nitrogen and oxygen atoms in total. The van der Waals surface area contributed by atoms with Crippen LogP contribution in [0.25, 0.3) is 0 Å². The fourth-order valence-corrected chi connectivity index (χ4v) is 1.66. The minimum Gasteiger partial charge on any atom is -0.497 e. The highest BCUT2D eigenvalue weighted by atomic mass is 16.5. The van der Waals surface area contributed by atoms with Crippen LogP contribution in [-0.2, 0) is 0 Å². The fraction of sp³-hybridized carbons (Fsp3) is 0.500. The average molecular weight is 265 g/mol. The lowest BCUT2D eigenvalue weighted by molar-refractivity contribution is 0.230. The summed E-state index contributed by atoms with van der Waals surface area (Å²) in [7, 11) is 1.59. The third kappa shape index (κ3) is 4.79. The summed E-state index contributed by atoms with van der Waals surface area (Å²) in [6.07, 6.45) is 0. The van der Waals surface area contributed by atoms with Crippen LogP contribution in [0.4, 0.5) is 10.5 Å². The summed E-state index contributed by atoms with van der Waals surface area (Å²) in [5.41, 5.74) is 6.28. The van der Waals surface area contributed by atoms with Gasteiger partial charge >= 0.3 is 6.03 Å². The predicted molar refractivity (Wildman–Crippen MR) is 77.4 cm³/mol. The number of ether oxygens (including phenoxy) is 1. The Labute approximate surface area is 114 Å². The molecule has 19 heavy (non-hydrogen) atoms. The normalized spacial score (nSPS) is 12.7. The van der Waals surface area contributed by atoms with Crippen LogP contribution >= 0.6 is 0 Å². The van der Waals surface area contributed by atoms with E-state index in [2.05, 4.69) is 10.6 Å². The quantitative estimate of drug-likeness (QED) is 0.781. The monoisotopic (exact) mass is 265 g/mol. The summed E-state index contributed by atoms with van der Waals surface area (Å²) >= 11 is 0. The number of carbonyl (C=O) groups is 1. The Morgan fingerprint density at radius 2 is 2.11 bits per heavy atom. The van der Waals surface area contributed by atoms with Crippen LogP contribution in [0.5, 0.6) is 5.75 Å². The molecule has 0 fully saturated rings. The second-order valence-corrected chi connectivity index (χ2v) is 5.48. The Morgan fingerprint density at radius 3 is 2.63 bits per heavy atom. The molecule has 0 heterocycles. The van der Waals surface area contributed by atoms with Crippen LogP contribution in [-0.4, -0.2) is 25.7 Å². The first-order chi connectivity index (χ1) is 8.86. The van der Waals surface area contributed by atoms with Gasteiger partial charge in [0.05, 0.1) is 7.11 Å². The molecule has 0 spiro atoms. The second kappa shape index (κ2) is 6.43. The van der Waals surface area contributed by atoms with Crippen LogP contribution in [0.3, 0.4) is 0 Å². The number of hydrogen-bond acceptors (Lipinski definition) is 3. The molecule has 0 radical (unpaired) electrons. The molecule has 0 aliphatic carbocycles. The second-order valence-electron chi connectivity index (χ2n) is 5.48. The zero-order chi connectivity index (χ0) is 14.5. The molecule has 0 aromatic heterocycles. The molecule has 1 unspecified atom stereocenters. The van der Waals surface area contributed by atoms with E-state index in [-0.39, 0.29) is 17.5 Å². The highest BCUT2D eigenvalue weighted by Gasteiger charge is 2.24. The van der Waals surface area contributed by atoms with Crippen molar-refractivity contribution < 1.29 is 9.53 Å². The van der Waals surface area contributed by atoms with Crippen molar-refractivity contribution in [1.82, 2.24) is 5.32 Å². The Hall–Kier alpha value is -1.75. The fourth-order valence-electron chi connectivity index (χ4n) is 1.66. The number of carbonyl (C=O) groups excluding carboxylic acids is 1. The molecular formula is C14H23N3O2. The van der Waals surface area contributed by atoms with Gasteiger partial charge < -0.3 is 21.1 Å². The summed E-state index contributed by atoms with van der Waals surface area (Å²) in [6, 6.07) is 6.85. The first-order valence-corrected chi connectivity index (χ1v) is 6.28. The molecule has 1 atom stereocenters. The van der Waals surface area contributed by atoms with Crippen LogP contribution < -0.4 is 21.1 Å². The molecule has 1 aromatic carbocycles. The molecule has 0 saturated heterocycles. The molecule has 1 aromatic rings. The van der Waals surface area contributed by atoms with E-state index >= 15 is 0 Å². The molecule has 1 rings (SSSR count). The maximum Gasteiger partial charge on any atom is 0.319 e. The highest BCUT2D eigenvalue weighted by molar-refractivity contribution is 5.89. The van der Waals surface area contributed by atoms with Gasteiger partial charge in [-0.1, -0.05) is 26.8 Å². The van der Waals surface area contributed by atoms with E-state index < -0.39 is 0 Å². The first kappa shape index (κ1) is 15.3.